The van der Waals surface area contributed by atoms with Crippen LogP contribution >= 0.6 is 0 Å². The minimum Gasteiger partial charge on any atom is -0.352 e. The fourth-order valence-electron chi connectivity index (χ4n) is 1.14. The standard InChI is InChI=1S/C10H16N6O2/c1-6(2)15-9(17)5-14-10(18)7-3-13-8(16-11)4-12-7/h3-4,6H,5,11H2,1-2H3,(H,13,16)(H,14,18)(H,15,17). The van der Waals surface area contributed by atoms with Crippen molar-refractivity contribution in [3.05, 3.63) is 18.1 Å². The number of aromatic nitrogens is 2. The number of nitrogens with zero attached hydrogens (tertiary/aromatic N) is 2. The molecule has 0 aromatic carbocycles. The maximum absolute atomic E-state index is 11.6. The van der Waals surface area contributed by atoms with Crippen LogP contribution < -0.4 is 21.9 Å². The lowest BCUT2D eigenvalue weighted by atomic mass is 10.3. The quantitative estimate of drug-likeness (QED) is 0.394. The van der Waals surface area contributed by atoms with Crippen LogP contribution in [0.5, 0.6) is 0 Å². The summed E-state index contributed by atoms with van der Waals surface area (Å²) in [7, 11) is 0. The van der Waals surface area contributed by atoms with Crippen molar-refractivity contribution in [1.82, 2.24) is 20.6 Å². The number of carbonyl (C=O) groups is 2. The molecule has 5 N–H and O–H groups in total. The molecule has 0 saturated carbocycles. The van der Waals surface area contributed by atoms with E-state index in [-0.39, 0.29) is 24.2 Å². The van der Waals surface area contributed by atoms with Crippen LogP contribution in [0.15, 0.2) is 12.4 Å². The Kier molecular flexibility index (Phi) is 5.00. The van der Waals surface area contributed by atoms with Gasteiger partial charge in [0.15, 0.2) is 5.82 Å². The van der Waals surface area contributed by atoms with Crippen molar-refractivity contribution in [1.29, 1.82) is 0 Å². The van der Waals surface area contributed by atoms with Gasteiger partial charge < -0.3 is 16.1 Å². The van der Waals surface area contributed by atoms with Gasteiger partial charge in [-0.05, 0) is 13.8 Å². The number of nitrogens with one attached hydrogen (secondary N) is 3. The molecule has 0 fully saturated rings. The Morgan fingerprint density at radius 1 is 1.33 bits per heavy atom. The summed E-state index contributed by atoms with van der Waals surface area (Å²) < 4.78 is 0. The summed E-state index contributed by atoms with van der Waals surface area (Å²) in [4.78, 5) is 30.6. The second-order valence-corrected chi connectivity index (χ2v) is 3.84. The van der Waals surface area contributed by atoms with Gasteiger partial charge in [0.1, 0.15) is 5.69 Å². The molecule has 0 aliphatic carbocycles. The molecule has 0 unspecified atom stereocenters. The summed E-state index contributed by atoms with van der Waals surface area (Å²) in [6.07, 6.45) is 2.59. The van der Waals surface area contributed by atoms with E-state index >= 15 is 0 Å². The van der Waals surface area contributed by atoms with E-state index < -0.39 is 5.91 Å². The molecular formula is C10H16N6O2. The van der Waals surface area contributed by atoms with Crippen molar-refractivity contribution < 1.29 is 9.59 Å². The maximum atomic E-state index is 11.6. The van der Waals surface area contributed by atoms with Crippen molar-refractivity contribution in [2.24, 2.45) is 5.84 Å². The highest BCUT2D eigenvalue weighted by atomic mass is 16.2. The SMILES string of the molecule is CC(C)NC(=O)CNC(=O)c1cnc(NN)cn1. The van der Waals surface area contributed by atoms with Crippen molar-refractivity contribution in [3.63, 3.8) is 0 Å². The van der Waals surface area contributed by atoms with E-state index in [1.54, 1.807) is 0 Å². The first-order valence-corrected chi connectivity index (χ1v) is 5.39. The third kappa shape index (κ3) is 4.34. The van der Waals surface area contributed by atoms with Gasteiger partial charge in [0, 0.05) is 6.04 Å². The molecule has 8 heteroatoms. The van der Waals surface area contributed by atoms with Crippen LogP contribution in [-0.2, 0) is 4.79 Å². The molecule has 0 spiro atoms. The number of hydrogen-bond donors (Lipinski definition) is 4. The molecule has 0 aliphatic rings. The number of carbonyl (C=O) groups excluding carboxylic acids is 2. The molecule has 1 rings (SSSR count). The fraction of sp³-hybridized carbons (Fsp3) is 0.400. The molecule has 2 amide bonds. The molecule has 0 saturated heterocycles. The van der Waals surface area contributed by atoms with Crippen molar-refractivity contribution in [3.8, 4) is 0 Å². The fourth-order valence-corrected chi connectivity index (χ4v) is 1.14. The third-order valence-corrected chi connectivity index (χ3v) is 1.89. The predicted molar refractivity (Wildman–Crippen MR) is 65.5 cm³/mol. The summed E-state index contributed by atoms with van der Waals surface area (Å²) >= 11 is 0. The number of nitrogens with two attached hydrogens (primary N) is 1. The van der Waals surface area contributed by atoms with Crippen molar-refractivity contribution in [2.45, 2.75) is 19.9 Å². The van der Waals surface area contributed by atoms with Crippen LogP contribution in [-0.4, -0.2) is 34.4 Å². The Balaban J connectivity index is 2.47. The van der Waals surface area contributed by atoms with Crippen LogP contribution in [0.2, 0.25) is 0 Å². The number of hydrazine groups is 1. The number of anilines is 1. The number of nitrogen functional groups attached to an aromatic ring is 1. The minimum absolute atomic E-state index is 0.0316. The van der Waals surface area contributed by atoms with Crippen LogP contribution in [0.3, 0.4) is 0 Å². The van der Waals surface area contributed by atoms with Gasteiger partial charge in [-0.1, -0.05) is 0 Å². The van der Waals surface area contributed by atoms with Gasteiger partial charge in [-0.3, -0.25) is 9.59 Å². The van der Waals surface area contributed by atoms with E-state index in [0.717, 1.165) is 0 Å². The summed E-state index contributed by atoms with van der Waals surface area (Å²) in [5, 5.41) is 5.09. The first-order valence-electron chi connectivity index (χ1n) is 5.39. The Morgan fingerprint density at radius 3 is 2.56 bits per heavy atom. The molecule has 0 aliphatic heterocycles. The van der Waals surface area contributed by atoms with Crippen LogP contribution in [0.1, 0.15) is 24.3 Å². The van der Waals surface area contributed by atoms with E-state index in [0.29, 0.717) is 5.82 Å². The lowest BCUT2D eigenvalue weighted by molar-refractivity contribution is -0.120. The molecule has 8 nitrogen and oxygen atoms in total. The summed E-state index contributed by atoms with van der Waals surface area (Å²) in [6.45, 7) is 3.57. The minimum atomic E-state index is -0.468. The first-order chi connectivity index (χ1) is 8.52. The van der Waals surface area contributed by atoms with Crippen LogP contribution in [0, 0.1) is 0 Å². The Hall–Kier alpha value is -2.22. The smallest absolute Gasteiger partial charge is 0.271 e. The zero-order chi connectivity index (χ0) is 13.5. The number of amides is 2. The molecule has 1 aromatic heterocycles. The van der Waals surface area contributed by atoms with E-state index in [9.17, 15) is 9.59 Å². The highest BCUT2D eigenvalue weighted by Gasteiger charge is 2.10. The highest BCUT2D eigenvalue weighted by molar-refractivity contribution is 5.94. The second kappa shape index (κ2) is 6.50. The topological polar surface area (TPSA) is 122 Å². The van der Waals surface area contributed by atoms with Gasteiger partial charge in [0.05, 0.1) is 18.9 Å². The number of rotatable bonds is 5. The summed E-state index contributed by atoms with van der Waals surface area (Å²) in [6, 6.07) is 0.0316. The summed E-state index contributed by atoms with van der Waals surface area (Å²) in [5.74, 6) is 4.74. The molecule has 0 atom stereocenters. The van der Waals surface area contributed by atoms with Gasteiger partial charge in [-0.15, -0.1) is 0 Å². The van der Waals surface area contributed by atoms with E-state index in [4.69, 9.17) is 5.84 Å². The Morgan fingerprint density at radius 2 is 2.06 bits per heavy atom. The lowest BCUT2D eigenvalue weighted by Crippen LogP contribution is -2.40. The van der Waals surface area contributed by atoms with E-state index in [1.165, 1.54) is 12.4 Å². The van der Waals surface area contributed by atoms with Gasteiger partial charge in [-0.25, -0.2) is 15.8 Å². The third-order valence-electron chi connectivity index (χ3n) is 1.89. The maximum Gasteiger partial charge on any atom is 0.271 e. The molecule has 1 aromatic rings. The van der Waals surface area contributed by atoms with E-state index in [1.807, 2.05) is 13.8 Å². The van der Waals surface area contributed by atoms with Crippen LogP contribution in [0.4, 0.5) is 5.82 Å². The van der Waals surface area contributed by atoms with E-state index in [2.05, 4.69) is 26.0 Å². The Labute approximate surface area is 104 Å². The first kappa shape index (κ1) is 13.8. The van der Waals surface area contributed by atoms with Crippen molar-refractivity contribution in [2.75, 3.05) is 12.0 Å². The van der Waals surface area contributed by atoms with Gasteiger partial charge in [-0.2, -0.15) is 0 Å². The molecule has 98 valence electrons. The van der Waals surface area contributed by atoms with Gasteiger partial charge >= 0.3 is 0 Å². The molecule has 1 heterocycles. The molecule has 0 radical (unpaired) electrons. The molecule has 18 heavy (non-hydrogen) atoms. The zero-order valence-corrected chi connectivity index (χ0v) is 10.2. The predicted octanol–water partition coefficient (Wildman–Crippen LogP) is -0.983. The summed E-state index contributed by atoms with van der Waals surface area (Å²) in [5.41, 5.74) is 2.41. The zero-order valence-electron chi connectivity index (χ0n) is 10.2. The number of hydrogen-bond acceptors (Lipinski definition) is 6. The second-order valence-electron chi connectivity index (χ2n) is 3.84. The van der Waals surface area contributed by atoms with Crippen molar-refractivity contribution >= 4 is 17.6 Å². The van der Waals surface area contributed by atoms with Gasteiger partial charge in [0.25, 0.3) is 5.91 Å². The van der Waals surface area contributed by atoms with Crippen LogP contribution in [0.25, 0.3) is 0 Å². The highest BCUT2D eigenvalue weighted by Crippen LogP contribution is 1.98. The lowest BCUT2D eigenvalue weighted by Gasteiger charge is -2.09. The average molecular weight is 252 g/mol. The van der Waals surface area contributed by atoms with Gasteiger partial charge in [0.2, 0.25) is 5.91 Å². The monoisotopic (exact) mass is 252 g/mol. The Bertz CT molecular complexity index is 417. The largest absolute Gasteiger partial charge is 0.352 e. The average Bonchev–Trinajstić information content (AvgIpc) is 2.35. The molecular weight excluding hydrogens is 236 g/mol. The normalized spacial score (nSPS) is 10.0. The molecule has 0 bridgehead atoms.